The van der Waals surface area contributed by atoms with Crippen molar-refractivity contribution in [2.45, 2.75) is 32.5 Å². The number of amides is 1. The third-order valence-electron chi connectivity index (χ3n) is 3.28. The molecule has 2 N–H and O–H groups in total. The van der Waals surface area contributed by atoms with Gasteiger partial charge in [-0.1, -0.05) is 0 Å². The third-order valence-corrected chi connectivity index (χ3v) is 3.28. The summed E-state index contributed by atoms with van der Waals surface area (Å²) in [5.74, 6) is 0.0421. The van der Waals surface area contributed by atoms with Crippen molar-refractivity contribution in [3.8, 4) is 0 Å². The number of nitro benzene ring substituents is 1. The van der Waals surface area contributed by atoms with E-state index in [9.17, 15) is 20.0 Å². The first-order valence-electron chi connectivity index (χ1n) is 7.81. The molecule has 26 heavy (non-hydrogen) atoms. The van der Waals surface area contributed by atoms with E-state index in [2.05, 4.69) is 9.97 Å². The number of aliphatic hydroxyl groups is 2. The number of nitrogens with zero attached hydrogens (tertiary/aromatic N) is 4. The van der Waals surface area contributed by atoms with Gasteiger partial charge in [0.1, 0.15) is 17.7 Å². The van der Waals surface area contributed by atoms with E-state index in [0.29, 0.717) is 5.52 Å². The molecule has 0 aliphatic carbocycles. The number of hydrogen-bond donors (Lipinski definition) is 2. The summed E-state index contributed by atoms with van der Waals surface area (Å²) in [6.45, 7) is 4.14. The highest BCUT2D eigenvalue weighted by Gasteiger charge is 2.28. The molecule has 1 unspecified atom stereocenters. The van der Waals surface area contributed by atoms with E-state index >= 15 is 0 Å². The minimum atomic E-state index is -1.24. The zero-order valence-corrected chi connectivity index (χ0v) is 14.6. The Morgan fingerprint density at radius 3 is 2.65 bits per heavy atom. The van der Waals surface area contributed by atoms with Crippen molar-refractivity contribution < 1.29 is 24.7 Å². The Kier molecular flexibility index (Phi) is 5.68. The second-order valence-electron chi connectivity index (χ2n) is 6.58. The molecular formula is C16H20N4O6. The molecule has 2 rings (SSSR count). The highest BCUT2D eigenvalue weighted by Crippen LogP contribution is 2.28. The Balaban J connectivity index is 2.57. The largest absolute Gasteiger partial charge is 0.443 e. The van der Waals surface area contributed by atoms with Gasteiger partial charge < -0.3 is 14.9 Å². The highest BCUT2D eigenvalue weighted by atomic mass is 16.6. The zero-order chi connectivity index (χ0) is 19.5. The van der Waals surface area contributed by atoms with Crippen LogP contribution in [-0.2, 0) is 4.74 Å². The van der Waals surface area contributed by atoms with Crippen LogP contribution in [0.25, 0.3) is 10.9 Å². The van der Waals surface area contributed by atoms with Crippen molar-refractivity contribution in [2.24, 2.45) is 0 Å². The zero-order valence-electron chi connectivity index (χ0n) is 14.6. The number of anilines is 1. The summed E-state index contributed by atoms with van der Waals surface area (Å²) in [4.78, 5) is 32.2. The van der Waals surface area contributed by atoms with E-state index in [-0.39, 0.29) is 23.4 Å². The molecule has 0 bridgehead atoms. The highest BCUT2D eigenvalue weighted by molar-refractivity contribution is 5.99. The normalized spacial score (nSPS) is 12.7. The monoisotopic (exact) mass is 364 g/mol. The number of ether oxygens (including phenoxy) is 1. The Morgan fingerprint density at radius 1 is 1.38 bits per heavy atom. The second-order valence-corrected chi connectivity index (χ2v) is 6.58. The van der Waals surface area contributed by atoms with Crippen LogP contribution in [0.15, 0.2) is 24.5 Å². The van der Waals surface area contributed by atoms with Gasteiger partial charge in [-0.25, -0.2) is 14.8 Å². The predicted molar refractivity (Wildman–Crippen MR) is 92.9 cm³/mol. The number of hydrogen-bond acceptors (Lipinski definition) is 8. The Labute approximate surface area is 149 Å². The van der Waals surface area contributed by atoms with Crippen LogP contribution in [0.3, 0.4) is 0 Å². The Bertz CT molecular complexity index is 820. The molecule has 0 saturated heterocycles. The topological polar surface area (TPSA) is 139 Å². The SMILES string of the molecule is CC(C)(C)OC(=O)N(CC(O)CO)c1ncnc2ccc([N+](=O)[O-])cc12. The molecular weight excluding hydrogens is 344 g/mol. The summed E-state index contributed by atoms with van der Waals surface area (Å²) in [5.41, 5.74) is -0.623. The molecule has 0 radical (unpaired) electrons. The van der Waals surface area contributed by atoms with Crippen LogP contribution in [0.2, 0.25) is 0 Å². The van der Waals surface area contributed by atoms with Crippen molar-refractivity contribution in [1.29, 1.82) is 0 Å². The van der Waals surface area contributed by atoms with Crippen molar-refractivity contribution in [3.05, 3.63) is 34.6 Å². The van der Waals surface area contributed by atoms with Gasteiger partial charge in [0.2, 0.25) is 0 Å². The standard InChI is InChI=1S/C16H20N4O6/c1-16(2,3)26-15(23)19(7-11(22)8-21)14-12-6-10(20(24)25)4-5-13(12)17-9-18-14/h4-6,9,11,21-22H,7-8H2,1-3H3. The number of carbonyl (C=O) groups excluding carboxylic acids is 1. The summed E-state index contributed by atoms with van der Waals surface area (Å²) in [5, 5.41) is 30.2. The lowest BCUT2D eigenvalue weighted by atomic mass is 10.2. The van der Waals surface area contributed by atoms with Gasteiger partial charge in [0.25, 0.3) is 5.69 Å². The van der Waals surface area contributed by atoms with Crippen LogP contribution in [0, 0.1) is 10.1 Å². The lowest BCUT2D eigenvalue weighted by Crippen LogP contribution is -2.42. The smallest absolute Gasteiger partial charge is 0.416 e. The molecule has 1 amide bonds. The maximum atomic E-state index is 12.6. The van der Waals surface area contributed by atoms with Crippen LogP contribution in [0.1, 0.15) is 20.8 Å². The number of aliphatic hydroxyl groups excluding tert-OH is 2. The second kappa shape index (κ2) is 7.58. The predicted octanol–water partition coefficient (Wildman–Crippen LogP) is 1.63. The molecule has 1 aromatic carbocycles. The van der Waals surface area contributed by atoms with E-state index in [1.165, 1.54) is 24.5 Å². The molecule has 140 valence electrons. The maximum Gasteiger partial charge on any atom is 0.416 e. The van der Waals surface area contributed by atoms with Crippen LogP contribution in [-0.4, -0.2) is 56.1 Å². The van der Waals surface area contributed by atoms with Gasteiger partial charge in [0.15, 0.2) is 0 Å². The maximum absolute atomic E-state index is 12.6. The number of fused-ring (bicyclic) bond motifs is 1. The van der Waals surface area contributed by atoms with Crippen molar-refractivity contribution in [2.75, 3.05) is 18.1 Å². The molecule has 0 saturated carbocycles. The number of nitro groups is 1. The first-order chi connectivity index (χ1) is 12.1. The van der Waals surface area contributed by atoms with Crippen LogP contribution < -0.4 is 4.90 Å². The van der Waals surface area contributed by atoms with Crippen molar-refractivity contribution in [1.82, 2.24) is 9.97 Å². The van der Waals surface area contributed by atoms with Gasteiger partial charge in [0.05, 0.1) is 35.1 Å². The summed E-state index contributed by atoms with van der Waals surface area (Å²) >= 11 is 0. The van der Waals surface area contributed by atoms with Crippen LogP contribution in [0.5, 0.6) is 0 Å². The van der Waals surface area contributed by atoms with Crippen molar-refractivity contribution >= 4 is 28.5 Å². The average Bonchev–Trinajstić information content (AvgIpc) is 2.56. The number of non-ortho nitro benzene ring substituents is 1. The molecule has 1 atom stereocenters. The minimum absolute atomic E-state index is 0.0421. The quantitative estimate of drug-likeness (QED) is 0.603. The molecule has 0 spiro atoms. The van der Waals surface area contributed by atoms with E-state index in [4.69, 9.17) is 9.84 Å². The summed E-state index contributed by atoms with van der Waals surface area (Å²) in [6, 6.07) is 3.97. The summed E-state index contributed by atoms with van der Waals surface area (Å²) in [6.07, 6.45) is -0.852. The Morgan fingerprint density at radius 2 is 2.08 bits per heavy atom. The third kappa shape index (κ3) is 4.61. The lowest BCUT2D eigenvalue weighted by molar-refractivity contribution is -0.384. The molecule has 1 heterocycles. The van der Waals surface area contributed by atoms with Gasteiger partial charge in [-0.05, 0) is 26.8 Å². The lowest BCUT2D eigenvalue weighted by Gasteiger charge is -2.28. The summed E-state index contributed by atoms with van der Waals surface area (Å²) < 4.78 is 5.33. The van der Waals surface area contributed by atoms with Crippen molar-refractivity contribution in [3.63, 3.8) is 0 Å². The molecule has 10 nitrogen and oxygen atoms in total. The van der Waals surface area contributed by atoms with Gasteiger partial charge in [0, 0.05) is 12.1 Å². The molecule has 2 aromatic rings. The molecule has 10 heteroatoms. The van der Waals surface area contributed by atoms with Crippen LogP contribution in [0.4, 0.5) is 16.3 Å². The number of aromatic nitrogens is 2. The average molecular weight is 364 g/mol. The van der Waals surface area contributed by atoms with Gasteiger partial charge in [-0.15, -0.1) is 0 Å². The molecule has 0 aliphatic rings. The first-order valence-corrected chi connectivity index (χ1v) is 7.81. The van der Waals surface area contributed by atoms with E-state index in [1.54, 1.807) is 20.8 Å². The Hall–Kier alpha value is -2.85. The fourth-order valence-electron chi connectivity index (χ4n) is 2.19. The van der Waals surface area contributed by atoms with Gasteiger partial charge >= 0.3 is 6.09 Å². The van der Waals surface area contributed by atoms with E-state index in [0.717, 1.165) is 4.90 Å². The number of rotatable bonds is 5. The van der Waals surface area contributed by atoms with Gasteiger partial charge in [-0.3, -0.25) is 15.0 Å². The first kappa shape index (κ1) is 19.5. The van der Waals surface area contributed by atoms with Crippen LogP contribution >= 0.6 is 0 Å². The summed E-state index contributed by atoms with van der Waals surface area (Å²) in [7, 11) is 0. The fraction of sp³-hybridized carbons (Fsp3) is 0.438. The fourth-order valence-corrected chi connectivity index (χ4v) is 2.19. The molecule has 1 aromatic heterocycles. The van der Waals surface area contributed by atoms with Gasteiger partial charge in [-0.2, -0.15) is 0 Å². The minimum Gasteiger partial charge on any atom is -0.443 e. The number of carbonyl (C=O) groups is 1. The molecule has 0 aliphatic heterocycles. The number of benzene rings is 1. The van der Waals surface area contributed by atoms with E-state index < -0.39 is 29.3 Å². The molecule has 0 fully saturated rings. The van der Waals surface area contributed by atoms with E-state index in [1.807, 2.05) is 0 Å².